The van der Waals surface area contributed by atoms with Gasteiger partial charge in [-0.2, -0.15) is 13.2 Å². The molecule has 0 saturated heterocycles. The Labute approximate surface area is 167 Å². The number of alkyl halides is 3. The maximum atomic E-state index is 13.0. The summed E-state index contributed by atoms with van der Waals surface area (Å²) in [6.45, 7) is 3.62. The summed E-state index contributed by atoms with van der Waals surface area (Å²) in [6, 6.07) is 7.77. The summed E-state index contributed by atoms with van der Waals surface area (Å²) in [6.07, 6.45) is -4.62. The molecule has 0 aromatic heterocycles. The minimum Gasteiger partial charge on any atom is -0.493 e. The number of methoxy groups -OCH3 is 1. The molecule has 1 amide bonds. The largest absolute Gasteiger partial charge is 0.493 e. The standard InChI is InChI=1S/C19H21F3N2O3.ClH/c1-11(2)27-16-5-4-13(8-17(16)26-3)18(25)24-15-7-12(10-23)6-14(9-15)19(20,21)22;/h4-9,11H,10,23H2,1-3H3,(H,24,25);1H. The van der Waals surface area contributed by atoms with Crippen molar-refractivity contribution in [2.75, 3.05) is 12.4 Å². The zero-order valence-electron chi connectivity index (χ0n) is 15.6. The predicted molar refractivity (Wildman–Crippen MR) is 103 cm³/mol. The van der Waals surface area contributed by atoms with E-state index in [2.05, 4.69) is 5.32 Å². The van der Waals surface area contributed by atoms with Crippen LogP contribution in [0.3, 0.4) is 0 Å². The van der Waals surface area contributed by atoms with Gasteiger partial charge in [0, 0.05) is 17.8 Å². The van der Waals surface area contributed by atoms with Gasteiger partial charge in [0.25, 0.3) is 5.91 Å². The summed E-state index contributed by atoms with van der Waals surface area (Å²) in [4.78, 5) is 12.5. The Morgan fingerprint density at radius 1 is 1.14 bits per heavy atom. The molecular weight excluding hydrogens is 397 g/mol. The molecule has 0 aliphatic heterocycles. The predicted octanol–water partition coefficient (Wildman–Crippen LogP) is 4.63. The molecule has 2 aromatic rings. The van der Waals surface area contributed by atoms with Crippen molar-refractivity contribution >= 4 is 24.0 Å². The number of nitrogens with one attached hydrogen (secondary N) is 1. The van der Waals surface area contributed by atoms with Crippen LogP contribution in [-0.4, -0.2) is 19.1 Å². The van der Waals surface area contributed by atoms with Gasteiger partial charge in [-0.05, 0) is 55.8 Å². The van der Waals surface area contributed by atoms with Gasteiger partial charge in [0.2, 0.25) is 0 Å². The van der Waals surface area contributed by atoms with E-state index >= 15 is 0 Å². The number of benzene rings is 2. The van der Waals surface area contributed by atoms with Crippen molar-refractivity contribution in [1.29, 1.82) is 0 Å². The molecule has 0 unspecified atom stereocenters. The molecule has 0 saturated carbocycles. The molecule has 0 aliphatic carbocycles. The van der Waals surface area contributed by atoms with E-state index in [4.69, 9.17) is 15.2 Å². The van der Waals surface area contributed by atoms with Crippen molar-refractivity contribution in [3.05, 3.63) is 53.1 Å². The molecule has 0 radical (unpaired) electrons. The first-order valence-electron chi connectivity index (χ1n) is 8.21. The molecule has 0 fully saturated rings. The van der Waals surface area contributed by atoms with Crippen LogP contribution < -0.4 is 20.5 Å². The number of amides is 1. The Kier molecular flexibility index (Phi) is 8.14. The van der Waals surface area contributed by atoms with Gasteiger partial charge in [0.15, 0.2) is 11.5 Å². The van der Waals surface area contributed by atoms with Crippen LogP contribution in [0.4, 0.5) is 18.9 Å². The molecule has 9 heteroatoms. The average molecular weight is 419 g/mol. The smallest absolute Gasteiger partial charge is 0.416 e. The van der Waals surface area contributed by atoms with Gasteiger partial charge >= 0.3 is 6.18 Å². The Morgan fingerprint density at radius 2 is 1.82 bits per heavy atom. The fourth-order valence-corrected chi connectivity index (χ4v) is 2.41. The Morgan fingerprint density at radius 3 is 2.36 bits per heavy atom. The lowest BCUT2D eigenvalue weighted by atomic mass is 10.1. The zero-order chi connectivity index (χ0) is 20.2. The van der Waals surface area contributed by atoms with E-state index in [-0.39, 0.29) is 41.9 Å². The summed E-state index contributed by atoms with van der Waals surface area (Å²) >= 11 is 0. The second-order valence-electron chi connectivity index (χ2n) is 6.11. The molecular formula is C19H22ClF3N2O3. The van der Waals surface area contributed by atoms with Crippen molar-refractivity contribution in [3.8, 4) is 11.5 Å². The number of anilines is 1. The number of rotatable bonds is 6. The van der Waals surface area contributed by atoms with Crippen molar-refractivity contribution in [2.45, 2.75) is 32.7 Å². The van der Waals surface area contributed by atoms with Crippen LogP contribution in [0.1, 0.15) is 35.3 Å². The third kappa shape index (κ3) is 6.03. The highest BCUT2D eigenvalue weighted by Crippen LogP contribution is 2.33. The van der Waals surface area contributed by atoms with E-state index in [1.165, 1.54) is 25.3 Å². The van der Waals surface area contributed by atoms with Crippen LogP contribution >= 0.6 is 12.4 Å². The SMILES string of the molecule is COc1cc(C(=O)Nc2cc(CN)cc(C(F)(F)F)c2)ccc1OC(C)C.Cl. The third-order valence-corrected chi connectivity index (χ3v) is 3.60. The normalized spacial score (nSPS) is 11.0. The first-order valence-corrected chi connectivity index (χ1v) is 8.21. The van der Waals surface area contributed by atoms with Gasteiger partial charge in [-0.15, -0.1) is 12.4 Å². The third-order valence-electron chi connectivity index (χ3n) is 3.60. The average Bonchev–Trinajstić information content (AvgIpc) is 2.60. The minimum atomic E-state index is -4.54. The fourth-order valence-electron chi connectivity index (χ4n) is 2.41. The Hall–Kier alpha value is -2.45. The molecule has 28 heavy (non-hydrogen) atoms. The molecule has 0 heterocycles. The maximum absolute atomic E-state index is 13.0. The molecule has 2 aromatic carbocycles. The molecule has 0 bridgehead atoms. The first kappa shape index (κ1) is 23.6. The number of ether oxygens (including phenoxy) is 2. The second kappa shape index (κ2) is 9.66. The van der Waals surface area contributed by atoms with Crippen LogP contribution in [0.5, 0.6) is 11.5 Å². The number of nitrogens with two attached hydrogens (primary N) is 1. The van der Waals surface area contributed by atoms with Crippen molar-refractivity contribution in [3.63, 3.8) is 0 Å². The highest BCUT2D eigenvalue weighted by atomic mass is 35.5. The van der Waals surface area contributed by atoms with E-state index in [1.54, 1.807) is 6.07 Å². The van der Waals surface area contributed by atoms with Crippen molar-refractivity contribution in [2.24, 2.45) is 5.73 Å². The van der Waals surface area contributed by atoms with Crippen molar-refractivity contribution in [1.82, 2.24) is 0 Å². The van der Waals surface area contributed by atoms with Gasteiger partial charge in [0.05, 0.1) is 18.8 Å². The molecule has 3 N–H and O–H groups in total. The van der Waals surface area contributed by atoms with Crippen LogP contribution in [0.25, 0.3) is 0 Å². The van der Waals surface area contributed by atoms with Gasteiger partial charge in [-0.25, -0.2) is 0 Å². The zero-order valence-corrected chi connectivity index (χ0v) is 16.4. The molecule has 0 aliphatic rings. The molecule has 0 atom stereocenters. The van der Waals surface area contributed by atoms with Gasteiger partial charge in [0.1, 0.15) is 0 Å². The van der Waals surface area contributed by atoms with Crippen LogP contribution in [0.2, 0.25) is 0 Å². The quantitative estimate of drug-likeness (QED) is 0.717. The van der Waals surface area contributed by atoms with E-state index in [0.29, 0.717) is 11.5 Å². The highest BCUT2D eigenvalue weighted by Gasteiger charge is 2.31. The lowest BCUT2D eigenvalue weighted by molar-refractivity contribution is -0.137. The van der Waals surface area contributed by atoms with Gasteiger partial charge in [-0.1, -0.05) is 0 Å². The highest BCUT2D eigenvalue weighted by molar-refractivity contribution is 6.04. The van der Waals surface area contributed by atoms with E-state index in [9.17, 15) is 18.0 Å². The second-order valence-corrected chi connectivity index (χ2v) is 6.11. The number of carbonyl (C=O) groups is 1. The lowest BCUT2D eigenvalue weighted by Gasteiger charge is -2.15. The van der Waals surface area contributed by atoms with Crippen LogP contribution in [0.15, 0.2) is 36.4 Å². The number of halogens is 4. The van der Waals surface area contributed by atoms with E-state index in [0.717, 1.165) is 12.1 Å². The van der Waals surface area contributed by atoms with Gasteiger partial charge in [-0.3, -0.25) is 4.79 Å². The van der Waals surface area contributed by atoms with E-state index < -0.39 is 17.6 Å². The van der Waals surface area contributed by atoms with Gasteiger partial charge < -0.3 is 20.5 Å². The topological polar surface area (TPSA) is 73.6 Å². The number of carbonyl (C=O) groups excluding carboxylic acids is 1. The summed E-state index contributed by atoms with van der Waals surface area (Å²) in [5, 5.41) is 2.47. The maximum Gasteiger partial charge on any atom is 0.416 e. The lowest BCUT2D eigenvalue weighted by Crippen LogP contribution is -2.15. The fraction of sp³-hybridized carbons (Fsp3) is 0.316. The molecule has 0 spiro atoms. The first-order chi connectivity index (χ1) is 12.6. The Balaban J connectivity index is 0.00000392. The number of hydrogen-bond donors (Lipinski definition) is 2. The van der Waals surface area contributed by atoms with Crippen LogP contribution in [0, 0.1) is 0 Å². The summed E-state index contributed by atoms with van der Waals surface area (Å²) in [5.41, 5.74) is 5.07. The minimum absolute atomic E-state index is 0. The molecule has 2 rings (SSSR count). The summed E-state index contributed by atoms with van der Waals surface area (Å²) in [5.74, 6) is 0.239. The van der Waals surface area contributed by atoms with Crippen LogP contribution in [-0.2, 0) is 12.7 Å². The summed E-state index contributed by atoms with van der Waals surface area (Å²) < 4.78 is 49.8. The van der Waals surface area contributed by atoms with E-state index in [1.807, 2.05) is 13.8 Å². The monoisotopic (exact) mass is 418 g/mol. The summed E-state index contributed by atoms with van der Waals surface area (Å²) in [7, 11) is 1.44. The number of hydrogen-bond acceptors (Lipinski definition) is 4. The Bertz CT molecular complexity index is 827. The molecule has 5 nitrogen and oxygen atoms in total. The van der Waals surface area contributed by atoms with Crippen molar-refractivity contribution < 1.29 is 27.4 Å². The molecule has 154 valence electrons.